The van der Waals surface area contributed by atoms with E-state index in [1.54, 1.807) is 4.68 Å². The molecule has 0 bridgehead atoms. The van der Waals surface area contributed by atoms with Crippen LogP contribution in [-0.4, -0.2) is 63.3 Å². The summed E-state index contributed by atoms with van der Waals surface area (Å²) in [5.41, 5.74) is 3.86. The highest BCUT2D eigenvalue weighted by Gasteiger charge is 2.26. The average Bonchev–Trinajstić information content (AvgIpc) is 3.07. The highest BCUT2D eigenvalue weighted by Crippen LogP contribution is 2.29. The van der Waals surface area contributed by atoms with Crippen molar-refractivity contribution in [2.24, 2.45) is 7.05 Å². The van der Waals surface area contributed by atoms with E-state index in [0.717, 1.165) is 46.0 Å². The summed E-state index contributed by atoms with van der Waals surface area (Å²) in [6.45, 7) is 9.02. The SMILES string of the molecule is Cc1cc(C)c2c(OCC(=O)N3CCN(C(C)c4ccccc4Cl)CC3)nn(C)c2n1. The van der Waals surface area contributed by atoms with Gasteiger partial charge in [0, 0.05) is 50.0 Å². The molecule has 7 nitrogen and oxygen atoms in total. The van der Waals surface area contributed by atoms with Crippen molar-refractivity contribution in [2.75, 3.05) is 32.8 Å². The molecule has 8 heteroatoms. The maximum Gasteiger partial charge on any atom is 0.260 e. The molecule has 31 heavy (non-hydrogen) atoms. The van der Waals surface area contributed by atoms with Crippen LogP contribution in [0.25, 0.3) is 11.0 Å². The zero-order chi connectivity index (χ0) is 22.1. The Morgan fingerprint density at radius 3 is 2.61 bits per heavy atom. The van der Waals surface area contributed by atoms with Gasteiger partial charge in [0.25, 0.3) is 5.91 Å². The predicted molar refractivity (Wildman–Crippen MR) is 121 cm³/mol. The van der Waals surface area contributed by atoms with Crippen LogP contribution >= 0.6 is 11.6 Å². The van der Waals surface area contributed by atoms with Crippen LogP contribution in [0.1, 0.15) is 29.8 Å². The molecule has 1 fully saturated rings. The van der Waals surface area contributed by atoms with Gasteiger partial charge >= 0.3 is 0 Å². The largest absolute Gasteiger partial charge is 0.466 e. The van der Waals surface area contributed by atoms with E-state index in [4.69, 9.17) is 16.3 Å². The third-order valence-corrected chi connectivity index (χ3v) is 6.33. The normalized spacial score (nSPS) is 16.0. The van der Waals surface area contributed by atoms with E-state index in [2.05, 4.69) is 28.0 Å². The van der Waals surface area contributed by atoms with E-state index >= 15 is 0 Å². The molecule has 0 N–H and O–H groups in total. The molecular formula is C23H28ClN5O2. The van der Waals surface area contributed by atoms with Crippen molar-refractivity contribution in [3.8, 4) is 5.88 Å². The molecule has 1 aliphatic rings. The van der Waals surface area contributed by atoms with E-state index in [0.29, 0.717) is 19.0 Å². The Bertz CT molecular complexity index is 1100. The van der Waals surface area contributed by atoms with Crippen LogP contribution in [0.3, 0.4) is 0 Å². The number of carbonyl (C=O) groups is 1. The van der Waals surface area contributed by atoms with Crippen LogP contribution in [0.5, 0.6) is 5.88 Å². The molecule has 164 valence electrons. The summed E-state index contributed by atoms with van der Waals surface area (Å²) >= 11 is 6.36. The zero-order valence-electron chi connectivity index (χ0n) is 18.4. The topological polar surface area (TPSA) is 63.5 Å². The molecule has 1 atom stereocenters. The molecule has 0 radical (unpaired) electrons. The fraction of sp³-hybridized carbons (Fsp3) is 0.435. The lowest BCUT2D eigenvalue weighted by atomic mass is 10.1. The first kappa shape index (κ1) is 21.6. The van der Waals surface area contributed by atoms with Crippen LogP contribution in [0.4, 0.5) is 0 Å². The standard InChI is InChI=1S/C23H28ClN5O2/c1-15-13-16(2)25-22-21(15)23(26-27(22)4)31-14-20(30)29-11-9-28(10-12-29)17(3)18-7-5-6-8-19(18)24/h5-8,13,17H,9-12,14H2,1-4H3. The molecule has 3 heterocycles. The zero-order valence-corrected chi connectivity index (χ0v) is 19.2. The molecule has 0 spiro atoms. The fourth-order valence-corrected chi connectivity index (χ4v) is 4.53. The number of fused-ring (bicyclic) bond motifs is 1. The van der Waals surface area contributed by atoms with Crippen molar-refractivity contribution in [2.45, 2.75) is 26.8 Å². The summed E-state index contributed by atoms with van der Waals surface area (Å²) in [4.78, 5) is 21.5. The highest BCUT2D eigenvalue weighted by molar-refractivity contribution is 6.31. The van der Waals surface area contributed by atoms with Gasteiger partial charge in [-0.05, 0) is 44.0 Å². The third kappa shape index (κ3) is 4.38. The van der Waals surface area contributed by atoms with Crippen LogP contribution in [0.15, 0.2) is 30.3 Å². The van der Waals surface area contributed by atoms with E-state index in [1.165, 1.54) is 0 Å². The van der Waals surface area contributed by atoms with Crippen molar-refractivity contribution >= 4 is 28.5 Å². The highest BCUT2D eigenvalue weighted by atomic mass is 35.5. The molecule has 1 unspecified atom stereocenters. The summed E-state index contributed by atoms with van der Waals surface area (Å²) < 4.78 is 7.54. The van der Waals surface area contributed by atoms with Crippen molar-refractivity contribution in [3.05, 3.63) is 52.2 Å². The quantitative estimate of drug-likeness (QED) is 0.606. The second-order valence-electron chi connectivity index (χ2n) is 8.11. The second kappa shape index (κ2) is 8.85. The monoisotopic (exact) mass is 441 g/mol. The Kier molecular flexibility index (Phi) is 6.16. The average molecular weight is 442 g/mol. The molecular weight excluding hydrogens is 414 g/mol. The number of ether oxygens (including phenoxy) is 1. The number of aromatic nitrogens is 3. The van der Waals surface area contributed by atoms with E-state index < -0.39 is 0 Å². The van der Waals surface area contributed by atoms with E-state index in [1.807, 2.05) is 50.1 Å². The Morgan fingerprint density at radius 1 is 1.19 bits per heavy atom. The fourth-order valence-electron chi connectivity index (χ4n) is 4.24. The van der Waals surface area contributed by atoms with Gasteiger partial charge in [0.15, 0.2) is 12.3 Å². The summed E-state index contributed by atoms with van der Waals surface area (Å²) in [7, 11) is 1.84. The van der Waals surface area contributed by atoms with Crippen LogP contribution in [0, 0.1) is 13.8 Å². The molecule has 0 aliphatic carbocycles. The number of hydrogen-bond acceptors (Lipinski definition) is 5. The van der Waals surface area contributed by atoms with Crippen LogP contribution in [-0.2, 0) is 11.8 Å². The van der Waals surface area contributed by atoms with Gasteiger partial charge in [0.1, 0.15) is 0 Å². The lowest BCUT2D eigenvalue weighted by Crippen LogP contribution is -2.50. The number of rotatable bonds is 5. The van der Waals surface area contributed by atoms with Gasteiger partial charge in [-0.2, -0.15) is 0 Å². The number of hydrogen-bond donors (Lipinski definition) is 0. The van der Waals surface area contributed by atoms with Crippen LogP contribution < -0.4 is 4.74 Å². The first-order valence-corrected chi connectivity index (χ1v) is 10.9. The minimum absolute atomic E-state index is 0.0263. The van der Waals surface area contributed by atoms with Gasteiger partial charge in [-0.3, -0.25) is 9.69 Å². The molecule has 3 aromatic rings. The number of benzene rings is 1. The van der Waals surface area contributed by atoms with Crippen LogP contribution in [0.2, 0.25) is 5.02 Å². The van der Waals surface area contributed by atoms with E-state index in [-0.39, 0.29) is 18.6 Å². The van der Waals surface area contributed by atoms with Crippen molar-refractivity contribution in [1.29, 1.82) is 0 Å². The van der Waals surface area contributed by atoms with Crippen molar-refractivity contribution in [1.82, 2.24) is 24.6 Å². The Hall–Kier alpha value is -2.64. The minimum Gasteiger partial charge on any atom is -0.466 e. The van der Waals surface area contributed by atoms with Gasteiger partial charge in [-0.1, -0.05) is 29.8 Å². The number of amides is 1. The predicted octanol–water partition coefficient (Wildman–Crippen LogP) is 3.52. The van der Waals surface area contributed by atoms with Gasteiger partial charge in [0.05, 0.1) is 5.39 Å². The number of nitrogens with zero attached hydrogens (tertiary/aromatic N) is 5. The number of piperazine rings is 1. The number of pyridine rings is 1. The first-order chi connectivity index (χ1) is 14.8. The molecule has 1 saturated heterocycles. The number of halogens is 1. The minimum atomic E-state index is -0.0283. The van der Waals surface area contributed by atoms with Gasteiger partial charge < -0.3 is 9.64 Å². The van der Waals surface area contributed by atoms with Gasteiger partial charge in [-0.15, -0.1) is 5.10 Å². The maximum atomic E-state index is 12.8. The van der Waals surface area contributed by atoms with Gasteiger partial charge in [-0.25, -0.2) is 9.67 Å². The van der Waals surface area contributed by atoms with E-state index in [9.17, 15) is 4.79 Å². The second-order valence-corrected chi connectivity index (χ2v) is 8.52. The lowest BCUT2D eigenvalue weighted by molar-refractivity contribution is -0.135. The molecule has 4 rings (SSSR count). The summed E-state index contributed by atoms with van der Waals surface area (Å²) in [6.07, 6.45) is 0. The molecule has 2 aromatic heterocycles. The Balaban J connectivity index is 1.36. The first-order valence-electron chi connectivity index (χ1n) is 10.5. The maximum absolute atomic E-state index is 12.8. The number of carbonyl (C=O) groups excluding carboxylic acids is 1. The summed E-state index contributed by atoms with van der Waals surface area (Å²) in [5, 5.41) is 6.07. The Labute approximate surface area is 187 Å². The van der Waals surface area contributed by atoms with Crippen molar-refractivity contribution in [3.63, 3.8) is 0 Å². The molecule has 0 saturated carbocycles. The third-order valence-electron chi connectivity index (χ3n) is 5.99. The molecule has 1 aliphatic heterocycles. The van der Waals surface area contributed by atoms with Crippen molar-refractivity contribution < 1.29 is 9.53 Å². The number of aryl methyl sites for hydroxylation is 3. The molecule has 1 aromatic carbocycles. The molecule has 1 amide bonds. The summed E-state index contributed by atoms with van der Waals surface area (Å²) in [5.74, 6) is 0.434. The summed E-state index contributed by atoms with van der Waals surface area (Å²) in [6, 6.07) is 10.1. The Morgan fingerprint density at radius 2 is 1.90 bits per heavy atom. The smallest absolute Gasteiger partial charge is 0.260 e. The lowest BCUT2D eigenvalue weighted by Gasteiger charge is -2.38. The van der Waals surface area contributed by atoms with Gasteiger partial charge in [0.2, 0.25) is 5.88 Å².